The Morgan fingerprint density at radius 3 is 2.68 bits per heavy atom. The fraction of sp³-hybridized carbons (Fsp3) is 0. The number of pyridine rings is 1. The predicted octanol–water partition coefficient (Wildman–Crippen LogP) is 0.179. The molecule has 2 rings (SSSR count). The largest absolute Gasteiger partial charge is 0.478 e. The van der Waals surface area contributed by atoms with Crippen LogP contribution in [0.5, 0.6) is 0 Å². The van der Waals surface area contributed by atoms with E-state index in [1.54, 1.807) is 0 Å². The Hall–Kier alpha value is -2.55. The molecule has 0 unspecified atom stereocenters. The van der Waals surface area contributed by atoms with Gasteiger partial charge < -0.3 is 21.6 Å². The molecule has 2 aromatic rings. The molecule has 0 radical (unpaired) electrons. The van der Waals surface area contributed by atoms with Crippen LogP contribution in [0.25, 0.3) is 0 Å². The van der Waals surface area contributed by atoms with Gasteiger partial charge in [0.1, 0.15) is 10.8 Å². The third-order valence-corrected chi connectivity index (χ3v) is 2.98. The Balaban J connectivity index is 2.33. The summed E-state index contributed by atoms with van der Waals surface area (Å²) in [7, 11) is 0. The van der Waals surface area contributed by atoms with E-state index in [1.165, 1.54) is 12.3 Å². The molecule has 8 nitrogen and oxygen atoms in total. The fourth-order valence-corrected chi connectivity index (χ4v) is 2.03. The molecule has 0 amide bonds. The van der Waals surface area contributed by atoms with Crippen molar-refractivity contribution in [1.29, 1.82) is 0 Å². The minimum absolute atomic E-state index is 0.0177. The molecule has 6 N–H and O–H groups in total. The van der Waals surface area contributed by atoms with Gasteiger partial charge in [-0.05, 0) is 17.8 Å². The lowest BCUT2D eigenvalue weighted by atomic mass is 10.3. The number of rotatable bonds is 3. The van der Waals surface area contributed by atoms with Crippen LogP contribution >= 0.6 is 11.8 Å². The SMILES string of the molecule is Nc1cc(=O)[nH]c(Sc2ncc(C(=O)O)cc2N)n1. The monoisotopic (exact) mass is 279 g/mol. The zero-order chi connectivity index (χ0) is 14.0. The first-order chi connectivity index (χ1) is 8.95. The van der Waals surface area contributed by atoms with E-state index in [4.69, 9.17) is 16.6 Å². The Bertz CT molecular complexity index is 700. The van der Waals surface area contributed by atoms with Crippen molar-refractivity contribution >= 4 is 29.2 Å². The third kappa shape index (κ3) is 3.01. The van der Waals surface area contributed by atoms with Gasteiger partial charge in [0.25, 0.3) is 5.56 Å². The molecule has 9 heteroatoms. The summed E-state index contributed by atoms with van der Waals surface area (Å²) in [6.07, 6.45) is 1.17. The van der Waals surface area contributed by atoms with Crippen molar-refractivity contribution in [3.8, 4) is 0 Å². The maximum Gasteiger partial charge on any atom is 0.337 e. The van der Waals surface area contributed by atoms with E-state index in [0.29, 0.717) is 5.03 Å². The Kier molecular flexibility index (Phi) is 3.38. The molecule has 0 aliphatic rings. The summed E-state index contributed by atoms with van der Waals surface area (Å²) in [6, 6.07) is 2.43. The van der Waals surface area contributed by atoms with E-state index in [9.17, 15) is 9.59 Å². The van der Waals surface area contributed by atoms with E-state index in [-0.39, 0.29) is 22.2 Å². The first-order valence-electron chi connectivity index (χ1n) is 4.99. The van der Waals surface area contributed by atoms with E-state index in [0.717, 1.165) is 17.8 Å². The summed E-state index contributed by atoms with van der Waals surface area (Å²) in [5, 5.41) is 9.35. The zero-order valence-electron chi connectivity index (χ0n) is 9.45. The summed E-state index contributed by atoms with van der Waals surface area (Å²) < 4.78 is 0. The van der Waals surface area contributed by atoms with Gasteiger partial charge in [0.15, 0.2) is 5.16 Å². The summed E-state index contributed by atoms with van der Waals surface area (Å²) in [6.45, 7) is 0. The number of nitrogen functional groups attached to an aromatic ring is 2. The molecule has 0 saturated heterocycles. The second-order valence-electron chi connectivity index (χ2n) is 3.50. The van der Waals surface area contributed by atoms with Crippen molar-refractivity contribution in [2.45, 2.75) is 10.2 Å². The van der Waals surface area contributed by atoms with Crippen molar-refractivity contribution in [3.05, 3.63) is 34.2 Å². The van der Waals surface area contributed by atoms with Crippen molar-refractivity contribution < 1.29 is 9.90 Å². The molecule has 98 valence electrons. The smallest absolute Gasteiger partial charge is 0.337 e. The molecular weight excluding hydrogens is 270 g/mol. The summed E-state index contributed by atoms with van der Waals surface area (Å²) in [5.41, 5.74) is 10.9. The molecule has 0 spiro atoms. The lowest BCUT2D eigenvalue weighted by Gasteiger charge is -2.04. The lowest BCUT2D eigenvalue weighted by Crippen LogP contribution is -2.09. The average molecular weight is 279 g/mol. The number of nitrogens with two attached hydrogens (primary N) is 2. The number of nitrogens with zero attached hydrogens (tertiary/aromatic N) is 2. The third-order valence-electron chi connectivity index (χ3n) is 2.06. The van der Waals surface area contributed by atoms with Gasteiger partial charge in [-0.2, -0.15) is 0 Å². The normalized spacial score (nSPS) is 10.3. The van der Waals surface area contributed by atoms with Gasteiger partial charge in [0.2, 0.25) is 0 Å². The van der Waals surface area contributed by atoms with Crippen LogP contribution in [-0.2, 0) is 0 Å². The maximum atomic E-state index is 11.2. The minimum Gasteiger partial charge on any atom is -0.478 e. The number of hydrogen-bond acceptors (Lipinski definition) is 7. The van der Waals surface area contributed by atoms with Crippen molar-refractivity contribution in [3.63, 3.8) is 0 Å². The highest BCUT2D eigenvalue weighted by molar-refractivity contribution is 7.99. The van der Waals surface area contributed by atoms with Crippen LogP contribution in [0.1, 0.15) is 10.4 Å². The summed E-state index contributed by atoms with van der Waals surface area (Å²) >= 11 is 0.987. The second-order valence-corrected chi connectivity index (χ2v) is 4.48. The van der Waals surface area contributed by atoms with Gasteiger partial charge in [0.05, 0.1) is 11.3 Å². The number of aromatic amines is 1. The quantitative estimate of drug-likeness (QED) is 0.581. The van der Waals surface area contributed by atoms with Gasteiger partial charge in [-0.1, -0.05) is 0 Å². The molecule has 0 aliphatic heterocycles. The minimum atomic E-state index is -1.12. The Morgan fingerprint density at radius 2 is 2.11 bits per heavy atom. The fourth-order valence-electron chi connectivity index (χ4n) is 1.26. The van der Waals surface area contributed by atoms with Gasteiger partial charge in [-0.25, -0.2) is 14.8 Å². The highest BCUT2D eigenvalue weighted by Gasteiger charge is 2.10. The molecule has 0 aromatic carbocycles. The van der Waals surface area contributed by atoms with Crippen molar-refractivity contribution in [1.82, 2.24) is 15.0 Å². The number of hydrogen-bond donors (Lipinski definition) is 4. The molecule has 0 atom stereocenters. The van der Waals surface area contributed by atoms with E-state index in [1.807, 2.05) is 0 Å². The van der Waals surface area contributed by atoms with E-state index in [2.05, 4.69) is 15.0 Å². The number of H-pyrrole nitrogens is 1. The topological polar surface area (TPSA) is 148 Å². The van der Waals surface area contributed by atoms with Crippen LogP contribution in [0.3, 0.4) is 0 Å². The van der Waals surface area contributed by atoms with Gasteiger partial charge in [-0.15, -0.1) is 0 Å². The Labute approximate surface area is 110 Å². The van der Waals surface area contributed by atoms with Crippen LogP contribution in [0, 0.1) is 0 Å². The Morgan fingerprint density at radius 1 is 1.37 bits per heavy atom. The number of nitrogens with one attached hydrogen (secondary N) is 1. The summed E-state index contributed by atoms with van der Waals surface area (Å²) in [4.78, 5) is 32.2. The maximum absolute atomic E-state index is 11.2. The van der Waals surface area contributed by atoms with Gasteiger partial charge in [0, 0.05) is 12.3 Å². The first-order valence-corrected chi connectivity index (χ1v) is 5.81. The number of aromatic nitrogens is 3. The van der Waals surface area contributed by atoms with E-state index >= 15 is 0 Å². The first kappa shape index (κ1) is 12.9. The molecule has 0 saturated carbocycles. The number of aromatic carboxylic acids is 1. The van der Waals surface area contributed by atoms with Crippen LogP contribution in [-0.4, -0.2) is 26.0 Å². The van der Waals surface area contributed by atoms with Crippen LogP contribution in [0.4, 0.5) is 11.5 Å². The second kappa shape index (κ2) is 4.98. The molecule has 0 bridgehead atoms. The van der Waals surface area contributed by atoms with E-state index < -0.39 is 11.5 Å². The predicted molar refractivity (Wildman–Crippen MR) is 69.0 cm³/mol. The number of anilines is 2. The molecule has 19 heavy (non-hydrogen) atoms. The lowest BCUT2D eigenvalue weighted by molar-refractivity contribution is 0.0696. The van der Waals surface area contributed by atoms with Gasteiger partial charge >= 0.3 is 5.97 Å². The zero-order valence-corrected chi connectivity index (χ0v) is 10.3. The molecular formula is C10H9N5O3S. The van der Waals surface area contributed by atoms with Crippen LogP contribution in [0.2, 0.25) is 0 Å². The van der Waals surface area contributed by atoms with Crippen molar-refractivity contribution in [2.75, 3.05) is 11.5 Å². The average Bonchev–Trinajstić information content (AvgIpc) is 2.30. The van der Waals surface area contributed by atoms with Crippen molar-refractivity contribution in [2.24, 2.45) is 0 Å². The number of carboxylic acid groups (broad SMARTS) is 1. The standard InChI is InChI=1S/C10H9N5O3S/c11-5-1-4(9(17)18)3-13-8(5)19-10-14-6(12)2-7(16)15-10/h1-3H,11H2,(H,17,18)(H3,12,14,15,16). The highest BCUT2D eigenvalue weighted by Crippen LogP contribution is 2.27. The molecule has 0 aliphatic carbocycles. The molecule has 2 heterocycles. The van der Waals surface area contributed by atoms with Crippen LogP contribution < -0.4 is 17.0 Å². The van der Waals surface area contributed by atoms with Crippen LogP contribution in [0.15, 0.2) is 33.3 Å². The number of carboxylic acids is 1. The van der Waals surface area contributed by atoms with Gasteiger partial charge in [-0.3, -0.25) is 4.79 Å². The number of carbonyl (C=O) groups is 1. The molecule has 0 fully saturated rings. The molecule has 2 aromatic heterocycles. The highest BCUT2D eigenvalue weighted by atomic mass is 32.2. The summed E-state index contributed by atoms with van der Waals surface area (Å²) in [5.74, 6) is -1.04.